The molecule has 3 aromatic rings. The van der Waals surface area contributed by atoms with Crippen LogP contribution in [0.15, 0.2) is 30.6 Å². The van der Waals surface area contributed by atoms with Crippen molar-refractivity contribution in [1.82, 2.24) is 14.9 Å². The Morgan fingerprint density at radius 2 is 1.90 bits per heavy atom. The number of benzene rings is 1. The van der Waals surface area contributed by atoms with Crippen LogP contribution in [0, 0.1) is 11.2 Å². The fourth-order valence-corrected chi connectivity index (χ4v) is 7.27. The lowest BCUT2D eigenvalue weighted by molar-refractivity contribution is -0.139. The maximum Gasteiger partial charge on any atom is 0.213 e. The number of hydrogen-bond donors (Lipinski definition) is 0. The lowest BCUT2D eigenvalue weighted by Gasteiger charge is -2.48. The van der Waals surface area contributed by atoms with Gasteiger partial charge in [-0.05, 0) is 57.7 Å². The van der Waals surface area contributed by atoms with E-state index in [0.29, 0.717) is 46.9 Å². The highest BCUT2D eigenvalue weighted by Gasteiger charge is 2.50. The Kier molecular flexibility index (Phi) is 5.65. The minimum Gasteiger partial charge on any atom is -0.490 e. The van der Waals surface area contributed by atoms with Gasteiger partial charge < -0.3 is 28.9 Å². The zero-order chi connectivity index (χ0) is 26.9. The average Bonchev–Trinajstić information content (AvgIpc) is 3.18. The number of fused-ring (bicyclic) bond motifs is 1. The van der Waals surface area contributed by atoms with E-state index >= 15 is 4.39 Å². The molecule has 8 nitrogen and oxygen atoms in total. The number of hydrogen-bond acceptors (Lipinski definition) is 8. The van der Waals surface area contributed by atoms with Crippen molar-refractivity contribution < 1.29 is 18.6 Å². The normalized spacial score (nSPS) is 22.2. The molecule has 2 saturated heterocycles. The third kappa shape index (κ3) is 3.77. The Labute approximate surface area is 234 Å². The first-order valence-corrected chi connectivity index (χ1v) is 14.7. The summed E-state index contributed by atoms with van der Waals surface area (Å²) in [5, 5.41) is 0.899. The van der Waals surface area contributed by atoms with Crippen molar-refractivity contribution in [2.24, 2.45) is 5.41 Å². The van der Waals surface area contributed by atoms with Crippen LogP contribution in [0.4, 0.5) is 15.8 Å². The largest absolute Gasteiger partial charge is 0.490 e. The van der Waals surface area contributed by atoms with E-state index in [4.69, 9.17) is 14.2 Å². The summed E-state index contributed by atoms with van der Waals surface area (Å²) in [4.78, 5) is 16.4. The van der Waals surface area contributed by atoms with Gasteiger partial charge in [-0.1, -0.05) is 0 Å². The molecule has 3 fully saturated rings. The molecule has 40 heavy (non-hydrogen) atoms. The summed E-state index contributed by atoms with van der Waals surface area (Å²) in [7, 11) is 2.10. The second kappa shape index (κ2) is 9.17. The number of aromatic nitrogens is 2. The fourth-order valence-electron chi connectivity index (χ4n) is 7.27. The second-order valence-electron chi connectivity index (χ2n) is 12.5. The molecule has 1 aromatic carbocycles. The zero-order valence-electron chi connectivity index (χ0n) is 23.1. The van der Waals surface area contributed by atoms with Gasteiger partial charge in [0.05, 0.1) is 66.1 Å². The molecule has 5 aliphatic rings. The van der Waals surface area contributed by atoms with Crippen molar-refractivity contribution in [2.45, 2.75) is 44.1 Å². The van der Waals surface area contributed by atoms with Crippen LogP contribution in [0.1, 0.15) is 38.5 Å². The van der Waals surface area contributed by atoms with E-state index in [0.717, 1.165) is 75.5 Å². The summed E-state index contributed by atoms with van der Waals surface area (Å²) in [5.41, 5.74) is 4.39. The monoisotopic (exact) mass is 545 g/mol. The Hall–Kier alpha value is -3.17. The standard InChI is InChI=1S/C31H36FN5O3/c1-35-20-37-28-24(35)16-33-23-14-22(32)26(29(27(23)28)40-19-31(37)6-2-7-31)21-4-5-25(34-15-21)39-13-3-10-36-11-8-30(9-12-36)17-38-18-30/h4-5,14-16H,2-3,6-13,17-20H2,1H3. The van der Waals surface area contributed by atoms with Crippen LogP contribution < -0.4 is 19.3 Å². The molecule has 6 heterocycles. The molecule has 1 saturated carbocycles. The highest BCUT2D eigenvalue weighted by atomic mass is 19.1. The molecule has 8 rings (SSSR count). The molecule has 210 valence electrons. The minimum absolute atomic E-state index is 0.0439. The number of ether oxygens (including phenoxy) is 3. The summed E-state index contributed by atoms with van der Waals surface area (Å²) >= 11 is 0. The van der Waals surface area contributed by atoms with Gasteiger partial charge in [0.15, 0.2) is 0 Å². The van der Waals surface area contributed by atoms with Gasteiger partial charge in [-0.3, -0.25) is 4.98 Å². The third-order valence-corrected chi connectivity index (χ3v) is 10.0. The predicted molar refractivity (Wildman–Crippen MR) is 152 cm³/mol. The van der Waals surface area contributed by atoms with E-state index in [-0.39, 0.29) is 11.4 Å². The van der Waals surface area contributed by atoms with Gasteiger partial charge in [-0.15, -0.1) is 0 Å². The Morgan fingerprint density at radius 3 is 2.60 bits per heavy atom. The van der Waals surface area contributed by atoms with Gasteiger partial charge >= 0.3 is 0 Å². The molecule has 0 radical (unpaired) electrons. The van der Waals surface area contributed by atoms with Crippen molar-refractivity contribution in [3.05, 3.63) is 36.4 Å². The van der Waals surface area contributed by atoms with E-state index in [2.05, 4.69) is 31.7 Å². The van der Waals surface area contributed by atoms with Crippen LogP contribution in [0.3, 0.4) is 0 Å². The molecule has 0 bridgehead atoms. The first-order valence-electron chi connectivity index (χ1n) is 14.7. The van der Waals surface area contributed by atoms with Crippen LogP contribution >= 0.6 is 0 Å². The Balaban J connectivity index is 1.01. The molecule has 1 aliphatic carbocycles. The summed E-state index contributed by atoms with van der Waals surface area (Å²) in [6.07, 6.45) is 10.4. The summed E-state index contributed by atoms with van der Waals surface area (Å²) in [6, 6.07) is 5.27. The van der Waals surface area contributed by atoms with Gasteiger partial charge in [0.25, 0.3) is 0 Å². The second-order valence-corrected chi connectivity index (χ2v) is 12.5. The molecule has 0 N–H and O–H groups in total. The summed E-state index contributed by atoms with van der Waals surface area (Å²) < 4.78 is 33.6. The van der Waals surface area contributed by atoms with E-state index in [1.165, 1.54) is 25.3 Å². The first-order chi connectivity index (χ1) is 19.5. The molecule has 2 aromatic heterocycles. The third-order valence-electron chi connectivity index (χ3n) is 10.0. The first kappa shape index (κ1) is 24.6. The van der Waals surface area contributed by atoms with Crippen LogP contribution in [0.25, 0.3) is 22.0 Å². The van der Waals surface area contributed by atoms with Crippen LogP contribution in [-0.2, 0) is 4.74 Å². The number of likely N-dealkylation sites (tertiary alicyclic amines) is 1. The fraction of sp³-hybridized carbons (Fsp3) is 0.548. The van der Waals surface area contributed by atoms with Crippen LogP contribution in [0.2, 0.25) is 0 Å². The molecule has 2 spiro atoms. The molecule has 9 heteroatoms. The SMILES string of the molecule is CN1CN2c3c1cnc1cc(F)c(-c4ccc(OCCCN5CCC6(CC5)COC6)nc4)c(c31)OCC21CCC1. The number of halogens is 1. The van der Waals surface area contributed by atoms with Gasteiger partial charge in [-0.25, -0.2) is 9.37 Å². The number of piperidine rings is 1. The number of anilines is 2. The number of rotatable bonds is 6. The number of pyridine rings is 2. The number of nitrogens with zero attached hydrogens (tertiary/aromatic N) is 5. The summed E-state index contributed by atoms with van der Waals surface area (Å²) in [5.74, 6) is 0.796. The lowest BCUT2D eigenvalue weighted by Crippen LogP contribution is -2.57. The molecule has 0 atom stereocenters. The predicted octanol–water partition coefficient (Wildman–Crippen LogP) is 4.85. The van der Waals surface area contributed by atoms with E-state index in [1.54, 1.807) is 6.20 Å². The maximum absolute atomic E-state index is 15.7. The molecular formula is C31H36FN5O3. The quantitative estimate of drug-likeness (QED) is 0.408. The molecule has 4 aliphatic heterocycles. The van der Waals surface area contributed by atoms with Crippen molar-refractivity contribution in [1.29, 1.82) is 0 Å². The van der Waals surface area contributed by atoms with Gasteiger partial charge in [-0.2, -0.15) is 0 Å². The van der Waals surface area contributed by atoms with Crippen LogP contribution in [-0.4, -0.2) is 80.2 Å². The van der Waals surface area contributed by atoms with E-state index in [9.17, 15) is 0 Å². The van der Waals surface area contributed by atoms with Gasteiger partial charge in [0.2, 0.25) is 5.88 Å². The van der Waals surface area contributed by atoms with Gasteiger partial charge in [0.1, 0.15) is 18.2 Å². The van der Waals surface area contributed by atoms with E-state index in [1.807, 2.05) is 18.3 Å². The highest BCUT2D eigenvalue weighted by Crippen LogP contribution is 2.55. The minimum atomic E-state index is -0.343. The van der Waals surface area contributed by atoms with Gasteiger partial charge in [0, 0.05) is 42.9 Å². The highest BCUT2D eigenvalue weighted by molar-refractivity contribution is 6.07. The molecular weight excluding hydrogens is 509 g/mol. The zero-order valence-corrected chi connectivity index (χ0v) is 23.1. The van der Waals surface area contributed by atoms with Crippen molar-refractivity contribution in [2.75, 3.05) is 69.6 Å². The maximum atomic E-state index is 15.7. The summed E-state index contributed by atoms with van der Waals surface area (Å²) in [6.45, 7) is 7.16. The van der Waals surface area contributed by atoms with Crippen molar-refractivity contribution >= 4 is 22.3 Å². The topological polar surface area (TPSA) is 63.2 Å². The smallest absolute Gasteiger partial charge is 0.213 e. The van der Waals surface area contributed by atoms with Crippen molar-refractivity contribution in [3.8, 4) is 22.8 Å². The van der Waals surface area contributed by atoms with Crippen molar-refractivity contribution in [3.63, 3.8) is 0 Å². The lowest BCUT2D eigenvalue weighted by atomic mass is 9.76. The average molecular weight is 546 g/mol. The van der Waals surface area contributed by atoms with E-state index < -0.39 is 0 Å². The Bertz CT molecular complexity index is 1450. The van der Waals surface area contributed by atoms with Crippen LogP contribution in [0.5, 0.6) is 11.6 Å². The molecule has 0 amide bonds. The Morgan fingerprint density at radius 1 is 1.05 bits per heavy atom. The molecule has 0 unspecified atom stereocenters.